The second-order valence-electron chi connectivity index (χ2n) is 8.09. The summed E-state index contributed by atoms with van der Waals surface area (Å²) >= 11 is 6.41. The van der Waals surface area contributed by atoms with Gasteiger partial charge in [-0.05, 0) is 68.4 Å². The molecule has 0 unspecified atom stereocenters. The fourth-order valence-corrected chi connectivity index (χ4v) is 5.28. The van der Waals surface area contributed by atoms with Crippen molar-refractivity contribution in [3.05, 3.63) is 88.4 Å². The minimum Gasteiger partial charge on any atom is -0.312 e. The van der Waals surface area contributed by atoms with Gasteiger partial charge in [0.05, 0.1) is 22.8 Å². The van der Waals surface area contributed by atoms with E-state index in [9.17, 15) is 0 Å². The van der Waals surface area contributed by atoms with Crippen LogP contribution < -0.4 is 4.90 Å². The Hall–Kier alpha value is -2.71. The van der Waals surface area contributed by atoms with Crippen LogP contribution in [0.1, 0.15) is 43.4 Å². The van der Waals surface area contributed by atoms with E-state index < -0.39 is 0 Å². The monoisotopic (exact) mass is 398 g/mol. The zero-order valence-corrected chi connectivity index (χ0v) is 17.1. The molecule has 0 atom stereocenters. The van der Waals surface area contributed by atoms with Gasteiger partial charge < -0.3 is 9.47 Å². The molecule has 3 heteroatoms. The Kier molecular flexibility index (Phi) is 3.95. The second kappa shape index (κ2) is 6.67. The molecule has 6 rings (SSSR count). The van der Waals surface area contributed by atoms with E-state index in [4.69, 9.17) is 11.6 Å². The third-order valence-electron chi connectivity index (χ3n) is 6.34. The lowest BCUT2D eigenvalue weighted by molar-refractivity contribution is 0.853. The summed E-state index contributed by atoms with van der Waals surface area (Å²) in [6.45, 7) is 0. The molecule has 0 saturated carbocycles. The zero-order chi connectivity index (χ0) is 19.4. The van der Waals surface area contributed by atoms with E-state index in [1.807, 2.05) is 0 Å². The van der Waals surface area contributed by atoms with Crippen LogP contribution in [0.25, 0.3) is 23.0 Å². The van der Waals surface area contributed by atoms with Crippen LogP contribution in [0.15, 0.2) is 77.1 Å². The first-order valence-electron chi connectivity index (χ1n) is 10.6. The number of hydrogen-bond acceptors (Lipinski definition) is 1. The number of anilines is 1. The lowest BCUT2D eigenvalue weighted by Crippen LogP contribution is -2.25. The summed E-state index contributed by atoms with van der Waals surface area (Å²) in [7, 11) is 0. The summed E-state index contributed by atoms with van der Waals surface area (Å²) in [5, 5.41) is 0.959. The van der Waals surface area contributed by atoms with E-state index in [0.29, 0.717) is 0 Å². The Morgan fingerprint density at radius 3 is 2.62 bits per heavy atom. The maximum absolute atomic E-state index is 6.41. The van der Waals surface area contributed by atoms with Gasteiger partial charge in [0.25, 0.3) is 0 Å². The topological polar surface area (TPSA) is 8.17 Å². The van der Waals surface area contributed by atoms with Gasteiger partial charge >= 0.3 is 0 Å². The van der Waals surface area contributed by atoms with Crippen LogP contribution in [0.2, 0.25) is 0 Å². The highest BCUT2D eigenvalue weighted by Gasteiger charge is 2.32. The summed E-state index contributed by atoms with van der Waals surface area (Å²) in [6, 6.07) is 11.2. The number of benzene rings is 1. The fraction of sp³-hybridized carbons (Fsp3) is 0.231. The number of allylic oxidation sites excluding steroid dienone is 8. The maximum Gasteiger partial charge on any atom is 0.0656 e. The molecule has 29 heavy (non-hydrogen) atoms. The number of para-hydroxylation sites is 1. The predicted molar refractivity (Wildman–Crippen MR) is 123 cm³/mol. The zero-order valence-electron chi connectivity index (χ0n) is 16.4. The van der Waals surface area contributed by atoms with Gasteiger partial charge in [-0.3, -0.25) is 0 Å². The number of rotatable bonds is 1. The smallest absolute Gasteiger partial charge is 0.0656 e. The number of halogens is 1. The first-order valence-corrected chi connectivity index (χ1v) is 11.0. The molecule has 0 spiro atoms. The van der Waals surface area contributed by atoms with Crippen LogP contribution in [0, 0.1) is 0 Å². The molecule has 4 aliphatic rings. The Morgan fingerprint density at radius 2 is 1.76 bits per heavy atom. The van der Waals surface area contributed by atoms with Crippen molar-refractivity contribution in [3.8, 4) is 11.3 Å². The number of fused-ring (bicyclic) bond motifs is 7. The van der Waals surface area contributed by atoms with Gasteiger partial charge in [0.1, 0.15) is 0 Å². The van der Waals surface area contributed by atoms with E-state index in [0.717, 1.165) is 43.6 Å². The molecule has 144 valence electrons. The summed E-state index contributed by atoms with van der Waals surface area (Å²) in [6.07, 6.45) is 20.0. The Labute approximate surface area is 176 Å². The van der Waals surface area contributed by atoms with Gasteiger partial charge in [-0.1, -0.05) is 54.1 Å². The molecule has 2 heterocycles. The quantitative estimate of drug-likeness (QED) is 0.491. The normalized spacial score (nSPS) is 19.7. The van der Waals surface area contributed by atoms with Crippen LogP contribution in [-0.2, 0) is 6.42 Å². The molecule has 2 nitrogen and oxygen atoms in total. The summed E-state index contributed by atoms with van der Waals surface area (Å²) in [5.74, 6) is 0. The molecule has 0 radical (unpaired) electrons. The third kappa shape index (κ3) is 2.63. The number of aromatic nitrogens is 1. The van der Waals surface area contributed by atoms with E-state index in [1.165, 1.54) is 45.3 Å². The largest absolute Gasteiger partial charge is 0.312 e. The molecule has 0 fully saturated rings. The van der Waals surface area contributed by atoms with Gasteiger partial charge in [-0.25, -0.2) is 0 Å². The highest BCUT2D eigenvalue weighted by molar-refractivity contribution is 6.31. The van der Waals surface area contributed by atoms with Gasteiger partial charge in [0.2, 0.25) is 0 Å². The molecule has 0 saturated heterocycles. The molecule has 1 aromatic heterocycles. The molecule has 2 aromatic rings. The lowest BCUT2D eigenvalue weighted by Gasteiger charge is -2.33. The van der Waals surface area contributed by atoms with Crippen molar-refractivity contribution in [2.75, 3.05) is 4.90 Å². The minimum atomic E-state index is 0.922. The van der Waals surface area contributed by atoms with Crippen LogP contribution in [-0.4, -0.2) is 4.57 Å². The fourth-order valence-electron chi connectivity index (χ4n) is 5.06. The van der Waals surface area contributed by atoms with Crippen molar-refractivity contribution in [1.82, 2.24) is 4.57 Å². The lowest BCUT2D eigenvalue weighted by atomic mass is 10.0. The Balaban J connectivity index is 1.67. The van der Waals surface area contributed by atoms with Crippen molar-refractivity contribution in [1.29, 1.82) is 0 Å². The highest BCUT2D eigenvalue weighted by Crippen LogP contribution is 2.48. The molecule has 0 N–H and O–H groups in total. The molecule has 0 amide bonds. The van der Waals surface area contributed by atoms with Gasteiger partial charge in [-0.2, -0.15) is 0 Å². The Bertz CT molecular complexity index is 1170. The standard InChI is InChI=1S/C26H23ClN2/c27-19-14-15-22-18(16-19)17-26-21-10-4-5-11-23(21)28(20-8-2-1-3-9-20)24-12-6-7-13-25(24)29(22)26/h1-2,4-5,8,10-13,16-17H,3,6-7,9,14-15H2. The molecule has 1 aromatic carbocycles. The SMILES string of the molecule is ClC1=Cc2cc3n(c2CC1)C1=CCCC=C1N(C1=CC=CCC1)c1ccccc1-3. The predicted octanol–water partition coefficient (Wildman–Crippen LogP) is 7.25. The van der Waals surface area contributed by atoms with Crippen LogP contribution in [0.3, 0.4) is 0 Å². The first kappa shape index (κ1) is 17.2. The van der Waals surface area contributed by atoms with E-state index in [2.05, 4.69) is 76.3 Å². The number of hydrogen-bond donors (Lipinski definition) is 0. The van der Waals surface area contributed by atoms with E-state index in [1.54, 1.807) is 0 Å². The summed E-state index contributed by atoms with van der Waals surface area (Å²) < 4.78 is 2.51. The molecule has 1 aliphatic heterocycles. The minimum absolute atomic E-state index is 0.922. The third-order valence-corrected chi connectivity index (χ3v) is 6.63. The first-order chi connectivity index (χ1) is 14.3. The van der Waals surface area contributed by atoms with Crippen molar-refractivity contribution < 1.29 is 0 Å². The summed E-state index contributed by atoms with van der Waals surface area (Å²) in [5.41, 5.74) is 10.5. The van der Waals surface area contributed by atoms with Gasteiger partial charge in [0, 0.05) is 22.0 Å². The molecular formula is C26H23ClN2. The van der Waals surface area contributed by atoms with Crippen molar-refractivity contribution in [2.45, 2.75) is 38.5 Å². The van der Waals surface area contributed by atoms with Crippen LogP contribution in [0.4, 0.5) is 5.69 Å². The molecule has 0 bridgehead atoms. The van der Waals surface area contributed by atoms with Crippen LogP contribution in [0.5, 0.6) is 0 Å². The Morgan fingerprint density at radius 1 is 0.897 bits per heavy atom. The van der Waals surface area contributed by atoms with Crippen molar-refractivity contribution in [3.63, 3.8) is 0 Å². The van der Waals surface area contributed by atoms with Crippen LogP contribution >= 0.6 is 11.6 Å². The van der Waals surface area contributed by atoms with Crippen molar-refractivity contribution >= 4 is 29.1 Å². The van der Waals surface area contributed by atoms with Gasteiger partial charge in [0.15, 0.2) is 0 Å². The van der Waals surface area contributed by atoms with E-state index in [-0.39, 0.29) is 0 Å². The second-order valence-corrected chi connectivity index (χ2v) is 8.58. The van der Waals surface area contributed by atoms with Crippen molar-refractivity contribution in [2.24, 2.45) is 0 Å². The molecular weight excluding hydrogens is 376 g/mol. The maximum atomic E-state index is 6.41. The van der Waals surface area contributed by atoms with Gasteiger partial charge in [-0.15, -0.1) is 0 Å². The molecule has 3 aliphatic carbocycles. The van der Waals surface area contributed by atoms with E-state index >= 15 is 0 Å². The average Bonchev–Trinajstić information content (AvgIpc) is 3.08. The average molecular weight is 399 g/mol. The number of nitrogens with zero attached hydrogens (tertiary/aromatic N) is 2. The highest BCUT2D eigenvalue weighted by atomic mass is 35.5. The summed E-state index contributed by atoms with van der Waals surface area (Å²) in [4.78, 5) is 2.51.